The summed E-state index contributed by atoms with van der Waals surface area (Å²) < 4.78 is 2.27. The predicted octanol–water partition coefficient (Wildman–Crippen LogP) is 4.79. The molecule has 2 heteroatoms. The topological polar surface area (TPSA) is 17.3 Å². The summed E-state index contributed by atoms with van der Waals surface area (Å²) in [6.45, 7) is 0. The minimum absolute atomic E-state index is 1.04. The summed E-state index contributed by atoms with van der Waals surface area (Å²) >= 11 is 0. The van der Waals surface area contributed by atoms with Crippen LogP contribution in [0.3, 0.4) is 0 Å². The molecule has 0 unspecified atom stereocenters. The van der Waals surface area contributed by atoms with Crippen LogP contribution in [-0.2, 0) is 0 Å². The second-order valence-electron chi connectivity index (χ2n) is 5.34. The normalized spacial score (nSPS) is 11.8. The van der Waals surface area contributed by atoms with E-state index in [0.717, 1.165) is 5.52 Å². The van der Waals surface area contributed by atoms with Crippen LogP contribution in [0, 0.1) is 0 Å². The lowest BCUT2D eigenvalue weighted by molar-refractivity contribution is 1.28. The third-order valence-electron chi connectivity index (χ3n) is 4.23. The van der Waals surface area contributed by atoms with Gasteiger partial charge in [0.05, 0.1) is 16.6 Å². The Morgan fingerprint density at radius 2 is 1.43 bits per heavy atom. The summed E-state index contributed by atoms with van der Waals surface area (Å²) in [6.07, 6.45) is 4.14. The van der Waals surface area contributed by atoms with Gasteiger partial charge in [0.15, 0.2) is 0 Å². The molecule has 3 aromatic heterocycles. The van der Waals surface area contributed by atoms with Crippen LogP contribution in [0.15, 0.2) is 73.1 Å². The summed E-state index contributed by atoms with van der Waals surface area (Å²) in [5, 5.41) is 4.96. The van der Waals surface area contributed by atoms with Crippen molar-refractivity contribution in [1.82, 2.24) is 9.38 Å². The molecule has 5 aromatic rings. The van der Waals surface area contributed by atoms with Crippen LogP contribution in [0.1, 0.15) is 0 Å². The van der Waals surface area contributed by atoms with E-state index in [4.69, 9.17) is 0 Å². The fourth-order valence-electron chi connectivity index (χ4n) is 3.33. The highest BCUT2D eigenvalue weighted by Crippen LogP contribution is 2.33. The Labute approximate surface area is 121 Å². The monoisotopic (exact) mass is 268 g/mol. The molecule has 2 aromatic carbocycles. The van der Waals surface area contributed by atoms with Crippen molar-refractivity contribution >= 4 is 38.1 Å². The number of nitrogens with zero attached hydrogens (tertiary/aromatic N) is 2. The van der Waals surface area contributed by atoms with Crippen LogP contribution in [0.25, 0.3) is 38.1 Å². The maximum absolute atomic E-state index is 4.64. The van der Waals surface area contributed by atoms with Gasteiger partial charge in [0.25, 0.3) is 0 Å². The summed E-state index contributed by atoms with van der Waals surface area (Å²) in [5.41, 5.74) is 3.51. The first-order valence-electron chi connectivity index (χ1n) is 7.09. The van der Waals surface area contributed by atoms with Crippen molar-refractivity contribution in [1.29, 1.82) is 0 Å². The van der Waals surface area contributed by atoms with Gasteiger partial charge >= 0.3 is 0 Å². The molecule has 0 saturated carbocycles. The molecule has 0 N–H and O–H groups in total. The van der Waals surface area contributed by atoms with Crippen molar-refractivity contribution in [3.05, 3.63) is 73.1 Å². The van der Waals surface area contributed by atoms with E-state index in [1.165, 1.54) is 32.6 Å². The largest absolute Gasteiger partial charge is 0.316 e. The Morgan fingerprint density at radius 3 is 2.38 bits per heavy atom. The molecule has 21 heavy (non-hydrogen) atoms. The highest BCUT2D eigenvalue weighted by atomic mass is 14.9. The summed E-state index contributed by atoms with van der Waals surface area (Å²) in [5.74, 6) is 0. The fourth-order valence-corrected chi connectivity index (χ4v) is 3.33. The van der Waals surface area contributed by atoms with Crippen molar-refractivity contribution in [2.24, 2.45) is 0 Å². The van der Waals surface area contributed by atoms with Gasteiger partial charge in [-0.3, -0.25) is 4.98 Å². The van der Waals surface area contributed by atoms with E-state index in [9.17, 15) is 0 Å². The molecule has 0 atom stereocenters. The first kappa shape index (κ1) is 10.9. The molecule has 0 amide bonds. The zero-order chi connectivity index (χ0) is 13.8. The van der Waals surface area contributed by atoms with Gasteiger partial charge in [0.2, 0.25) is 0 Å². The number of fused-ring (bicyclic) bond motifs is 8. The zero-order valence-electron chi connectivity index (χ0n) is 11.3. The second kappa shape index (κ2) is 3.83. The molecular formula is C19H12N2. The number of pyridine rings is 2. The standard InChI is InChI=1S/C19H12N2/c1-3-8-16-14(7-1)19-15(12-20-16)13-6-2-4-9-17(13)21-11-5-10-18(19)21/h1-12H. The third kappa shape index (κ3) is 1.34. The number of aromatic nitrogens is 2. The maximum Gasteiger partial charge on any atom is 0.0709 e. The van der Waals surface area contributed by atoms with Crippen molar-refractivity contribution in [2.75, 3.05) is 0 Å². The van der Waals surface area contributed by atoms with Gasteiger partial charge < -0.3 is 4.40 Å². The Kier molecular flexibility index (Phi) is 1.98. The van der Waals surface area contributed by atoms with Crippen molar-refractivity contribution in [3.8, 4) is 0 Å². The number of hydrogen-bond donors (Lipinski definition) is 0. The molecule has 0 bridgehead atoms. The molecular weight excluding hydrogens is 256 g/mol. The number of hydrogen-bond acceptors (Lipinski definition) is 1. The first-order chi connectivity index (χ1) is 10.4. The molecule has 2 nitrogen and oxygen atoms in total. The molecule has 0 radical (unpaired) electrons. The molecule has 0 aliphatic carbocycles. The summed E-state index contributed by atoms with van der Waals surface area (Å²) in [7, 11) is 0. The van der Waals surface area contributed by atoms with E-state index in [1.54, 1.807) is 0 Å². The van der Waals surface area contributed by atoms with Crippen LogP contribution >= 0.6 is 0 Å². The van der Waals surface area contributed by atoms with E-state index in [1.807, 2.05) is 12.3 Å². The van der Waals surface area contributed by atoms with E-state index < -0.39 is 0 Å². The Hall–Kier alpha value is -2.87. The van der Waals surface area contributed by atoms with Crippen molar-refractivity contribution in [3.63, 3.8) is 0 Å². The number of benzene rings is 2. The molecule has 0 saturated heterocycles. The third-order valence-corrected chi connectivity index (χ3v) is 4.23. The average molecular weight is 268 g/mol. The maximum atomic E-state index is 4.64. The first-order valence-corrected chi connectivity index (χ1v) is 7.09. The molecule has 3 heterocycles. The van der Waals surface area contributed by atoms with Gasteiger partial charge in [0, 0.05) is 33.9 Å². The van der Waals surface area contributed by atoms with Gasteiger partial charge in [-0.05, 0) is 24.3 Å². The predicted molar refractivity (Wildman–Crippen MR) is 87.7 cm³/mol. The molecule has 0 fully saturated rings. The van der Waals surface area contributed by atoms with Gasteiger partial charge in [-0.25, -0.2) is 0 Å². The molecule has 98 valence electrons. The Balaban J connectivity index is 2.24. The lowest BCUT2D eigenvalue weighted by Crippen LogP contribution is -1.91. The highest BCUT2D eigenvalue weighted by Gasteiger charge is 2.10. The van der Waals surface area contributed by atoms with Crippen LogP contribution in [0.5, 0.6) is 0 Å². The summed E-state index contributed by atoms with van der Waals surface area (Å²) in [4.78, 5) is 4.64. The van der Waals surface area contributed by atoms with Crippen LogP contribution < -0.4 is 0 Å². The molecule has 0 aliphatic heterocycles. The zero-order valence-corrected chi connectivity index (χ0v) is 11.3. The van der Waals surface area contributed by atoms with Crippen LogP contribution in [-0.4, -0.2) is 9.38 Å². The van der Waals surface area contributed by atoms with Crippen molar-refractivity contribution in [2.45, 2.75) is 0 Å². The Morgan fingerprint density at radius 1 is 0.667 bits per heavy atom. The molecule has 5 rings (SSSR count). The minimum atomic E-state index is 1.04. The van der Waals surface area contributed by atoms with Gasteiger partial charge in [0.1, 0.15) is 0 Å². The summed E-state index contributed by atoms with van der Waals surface area (Å²) in [6, 6.07) is 21.2. The number of para-hydroxylation sites is 2. The minimum Gasteiger partial charge on any atom is -0.316 e. The molecule has 0 spiro atoms. The van der Waals surface area contributed by atoms with Gasteiger partial charge in [-0.1, -0.05) is 36.4 Å². The quantitative estimate of drug-likeness (QED) is 0.369. The molecule has 0 aliphatic rings. The lowest BCUT2D eigenvalue weighted by Gasteiger charge is -2.10. The average Bonchev–Trinajstić information content (AvgIpc) is 3.04. The fraction of sp³-hybridized carbons (Fsp3) is 0. The van der Waals surface area contributed by atoms with E-state index >= 15 is 0 Å². The van der Waals surface area contributed by atoms with Crippen LogP contribution in [0.2, 0.25) is 0 Å². The second-order valence-corrected chi connectivity index (χ2v) is 5.34. The van der Waals surface area contributed by atoms with E-state index in [-0.39, 0.29) is 0 Å². The van der Waals surface area contributed by atoms with Gasteiger partial charge in [-0.2, -0.15) is 0 Å². The van der Waals surface area contributed by atoms with E-state index in [2.05, 4.69) is 70.2 Å². The SMILES string of the molecule is c1ccc2c(c1)ncc1c3ccccc3n3cccc3c21. The highest BCUT2D eigenvalue weighted by molar-refractivity contribution is 6.21. The number of rotatable bonds is 0. The smallest absolute Gasteiger partial charge is 0.0709 e. The van der Waals surface area contributed by atoms with Gasteiger partial charge in [-0.15, -0.1) is 0 Å². The van der Waals surface area contributed by atoms with Crippen molar-refractivity contribution < 1.29 is 0 Å². The Bertz CT molecular complexity index is 1130. The lowest BCUT2D eigenvalue weighted by atomic mass is 10.0. The van der Waals surface area contributed by atoms with Crippen LogP contribution in [0.4, 0.5) is 0 Å². The van der Waals surface area contributed by atoms with E-state index in [0.29, 0.717) is 0 Å².